The molecule has 0 radical (unpaired) electrons. The second-order valence-electron chi connectivity index (χ2n) is 3.34. The third-order valence-corrected chi connectivity index (χ3v) is 2.72. The number of hydrogen-bond acceptors (Lipinski definition) is 3. The van der Waals surface area contributed by atoms with Gasteiger partial charge in [0.05, 0.1) is 6.61 Å². The lowest BCUT2D eigenvalue weighted by Gasteiger charge is -2.04. The Morgan fingerprint density at radius 2 is 1.80 bits per heavy atom. The first kappa shape index (κ1) is 12.6. The topological polar surface area (TPSA) is 49.7 Å². The van der Waals surface area contributed by atoms with Crippen LogP contribution in [0.15, 0.2) is 30.3 Å². The summed E-state index contributed by atoms with van der Waals surface area (Å²) in [6.07, 6.45) is 2.18. The Labute approximate surface area is 91.6 Å². The lowest BCUT2D eigenvalue weighted by molar-refractivity contribution is 0.118. The molecule has 84 valence electrons. The molecule has 0 heterocycles. The van der Waals surface area contributed by atoms with E-state index in [1.54, 1.807) is 0 Å². The van der Waals surface area contributed by atoms with Crippen LogP contribution in [0, 0.1) is 0 Å². The first-order chi connectivity index (χ1) is 7.29. The zero-order chi connectivity index (χ0) is 10.9. The van der Waals surface area contributed by atoms with E-state index in [0.29, 0.717) is 19.4 Å². The molecule has 1 aromatic rings. The number of benzene rings is 1. The van der Waals surface area contributed by atoms with Crippen molar-refractivity contribution in [3.8, 4) is 0 Å². The predicted molar refractivity (Wildman–Crippen MR) is 61.6 cm³/mol. The molecule has 0 atom stereocenters. The van der Waals surface area contributed by atoms with Crippen LogP contribution >= 0.6 is 8.38 Å². The summed E-state index contributed by atoms with van der Waals surface area (Å²) in [6, 6.07) is 10.0. The maximum absolute atomic E-state index is 8.67. The zero-order valence-electron chi connectivity index (χ0n) is 8.67. The average molecular weight is 228 g/mol. The highest BCUT2D eigenvalue weighted by molar-refractivity contribution is 7.45. The molecule has 0 fully saturated rings. The molecule has 0 saturated heterocycles. The molecule has 0 aliphatic heterocycles. The summed E-state index contributed by atoms with van der Waals surface area (Å²) >= 11 is 0. The lowest BCUT2D eigenvalue weighted by Crippen LogP contribution is -1.96. The van der Waals surface area contributed by atoms with Gasteiger partial charge in [0.15, 0.2) is 8.38 Å². The van der Waals surface area contributed by atoms with Gasteiger partial charge in [-0.05, 0) is 18.4 Å². The fraction of sp³-hybridized carbons (Fsp3) is 0.455. The summed E-state index contributed by atoms with van der Waals surface area (Å²) in [7, 11) is -1.72. The molecule has 1 aromatic carbocycles. The van der Waals surface area contributed by atoms with Crippen LogP contribution in [0.2, 0.25) is 0 Å². The highest BCUT2D eigenvalue weighted by Gasteiger charge is 1.97. The largest absolute Gasteiger partial charge is 0.377 e. The van der Waals surface area contributed by atoms with E-state index in [9.17, 15) is 0 Å². The van der Waals surface area contributed by atoms with Gasteiger partial charge in [-0.15, -0.1) is 0 Å². The summed E-state index contributed by atoms with van der Waals surface area (Å²) in [6.45, 7) is 1.31. The van der Waals surface area contributed by atoms with Crippen LogP contribution in [-0.2, 0) is 11.3 Å². The number of hydrogen-bond donors (Lipinski definition) is 2. The van der Waals surface area contributed by atoms with Crippen molar-refractivity contribution < 1.29 is 14.5 Å². The molecule has 0 spiro atoms. The van der Waals surface area contributed by atoms with Crippen LogP contribution in [0.3, 0.4) is 0 Å². The Bertz CT molecular complexity index is 251. The minimum atomic E-state index is -1.72. The first-order valence-corrected chi connectivity index (χ1v) is 6.49. The van der Waals surface area contributed by atoms with E-state index in [1.165, 1.54) is 5.56 Å². The number of ether oxygens (including phenoxy) is 1. The Hall–Kier alpha value is -0.470. The van der Waals surface area contributed by atoms with E-state index in [1.807, 2.05) is 30.3 Å². The maximum atomic E-state index is 8.67. The van der Waals surface area contributed by atoms with Crippen molar-refractivity contribution in [1.82, 2.24) is 0 Å². The summed E-state index contributed by atoms with van der Waals surface area (Å²) in [5, 5.41) is 0. The fourth-order valence-electron chi connectivity index (χ4n) is 1.22. The van der Waals surface area contributed by atoms with Crippen molar-refractivity contribution in [3.63, 3.8) is 0 Å². The molecule has 2 N–H and O–H groups in total. The van der Waals surface area contributed by atoms with Crippen molar-refractivity contribution in [3.05, 3.63) is 35.9 Å². The third-order valence-electron chi connectivity index (χ3n) is 2.01. The molecular weight excluding hydrogens is 211 g/mol. The maximum Gasteiger partial charge on any atom is 0.164 e. The highest BCUT2D eigenvalue weighted by Crippen LogP contribution is 2.23. The van der Waals surface area contributed by atoms with Gasteiger partial charge < -0.3 is 14.5 Å². The fourth-order valence-corrected chi connectivity index (χ4v) is 1.73. The van der Waals surface area contributed by atoms with E-state index in [0.717, 1.165) is 12.8 Å². The zero-order valence-corrected chi connectivity index (χ0v) is 9.57. The van der Waals surface area contributed by atoms with Crippen molar-refractivity contribution in [2.45, 2.75) is 19.4 Å². The lowest BCUT2D eigenvalue weighted by atomic mass is 10.2. The molecule has 0 unspecified atom stereocenters. The molecule has 0 bridgehead atoms. The van der Waals surface area contributed by atoms with E-state index in [4.69, 9.17) is 14.5 Å². The van der Waals surface area contributed by atoms with Crippen molar-refractivity contribution in [2.75, 3.05) is 12.8 Å². The summed E-state index contributed by atoms with van der Waals surface area (Å²) in [5.74, 6) is 0. The van der Waals surface area contributed by atoms with Crippen molar-refractivity contribution in [1.29, 1.82) is 0 Å². The minimum Gasteiger partial charge on any atom is -0.377 e. The molecule has 1 rings (SSSR count). The van der Waals surface area contributed by atoms with Crippen LogP contribution < -0.4 is 0 Å². The van der Waals surface area contributed by atoms with Crippen LogP contribution in [0.4, 0.5) is 0 Å². The van der Waals surface area contributed by atoms with Gasteiger partial charge in [-0.3, -0.25) is 0 Å². The Morgan fingerprint density at radius 3 is 2.47 bits per heavy atom. The van der Waals surface area contributed by atoms with Crippen molar-refractivity contribution >= 4 is 8.38 Å². The van der Waals surface area contributed by atoms with E-state index >= 15 is 0 Å². The van der Waals surface area contributed by atoms with Gasteiger partial charge in [-0.2, -0.15) is 0 Å². The van der Waals surface area contributed by atoms with Gasteiger partial charge in [0.2, 0.25) is 0 Å². The second kappa shape index (κ2) is 7.77. The SMILES string of the molecule is OP(O)CCCCOCc1ccccc1. The second-order valence-corrected chi connectivity index (χ2v) is 4.53. The Morgan fingerprint density at radius 1 is 1.07 bits per heavy atom. The number of unbranched alkanes of at least 4 members (excludes halogenated alkanes) is 1. The smallest absolute Gasteiger partial charge is 0.164 e. The molecule has 0 aliphatic rings. The van der Waals surface area contributed by atoms with E-state index < -0.39 is 8.38 Å². The highest BCUT2D eigenvalue weighted by atomic mass is 31.2. The first-order valence-electron chi connectivity index (χ1n) is 5.06. The third kappa shape index (κ3) is 6.58. The molecule has 0 aromatic heterocycles. The van der Waals surface area contributed by atoms with Crippen LogP contribution in [0.1, 0.15) is 18.4 Å². The van der Waals surface area contributed by atoms with Crippen molar-refractivity contribution in [2.24, 2.45) is 0 Å². The minimum absolute atomic E-state index is 0.490. The van der Waals surface area contributed by atoms with Gasteiger partial charge >= 0.3 is 0 Å². The normalized spacial score (nSPS) is 10.9. The van der Waals surface area contributed by atoms with E-state index in [2.05, 4.69) is 0 Å². The Balaban J connectivity index is 1.98. The molecule has 3 nitrogen and oxygen atoms in total. The molecule has 0 aliphatic carbocycles. The predicted octanol–water partition coefficient (Wildman–Crippen LogP) is 2.28. The van der Waals surface area contributed by atoms with Gasteiger partial charge in [0, 0.05) is 12.8 Å². The molecule has 0 amide bonds. The quantitative estimate of drug-likeness (QED) is 0.556. The number of rotatable bonds is 7. The Kier molecular flexibility index (Phi) is 6.53. The van der Waals surface area contributed by atoms with Gasteiger partial charge in [0.25, 0.3) is 0 Å². The van der Waals surface area contributed by atoms with Crippen LogP contribution in [0.5, 0.6) is 0 Å². The van der Waals surface area contributed by atoms with Gasteiger partial charge in [-0.25, -0.2) is 0 Å². The van der Waals surface area contributed by atoms with Crippen LogP contribution in [-0.4, -0.2) is 22.6 Å². The summed E-state index contributed by atoms with van der Waals surface area (Å²) < 4.78 is 5.45. The summed E-state index contributed by atoms with van der Waals surface area (Å²) in [5.41, 5.74) is 1.17. The van der Waals surface area contributed by atoms with E-state index in [-0.39, 0.29) is 0 Å². The monoisotopic (exact) mass is 228 g/mol. The van der Waals surface area contributed by atoms with Gasteiger partial charge in [0.1, 0.15) is 0 Å². The summed E-state index contributed by atoms with van der Waals surface area (Å²) in [4.78, 5) is 17.3. The molecule has 15 heavy (non-hydrogen) atoms. The van der Waals surface area contributed by atoms with Crippen LogP contribution in [0.25, 0.3) is 0 Å². The molecule has 0 saturated carbocycles. The molecule has 4 heteroatoms. The average Bonchev–Trinajstić information content (AvgIpc) is 2.24. The molecular formula is C11H17O3P. The van der Waals surface area contributed by atoms with Gasteiger partial charge in [-0.1, -0.05) is 30.3 Å². The standard InChI is InChI=1S/C11H17O3P/c12-15(13)9-5-4-8-14-10-11-6-2-1-3-7-11/h1-3,6-7,12-13H,4-5,8-10H2.